The summed E-state index contributed by atoms with van der Waals surface area (Å²) >= 11 is 1.36. The fraction of sp³-hybridized carbons (Fsp3) is 0.316. The van der Waals surface area contributed by atoms with Gasteiger partial charge >= 0.3 is 12.1 Å². The molecule has 4 atom stereocenters. The number of carbonyl (C=O) groups is 2. The van der Waals surface area contributed by atoms with Gasteiger partial charge in [0.25, 0.3) is 0 Å². The largest absolute Gasteiger partial charge is 0.463 e. The second-order valence-electron chi connectivity index (χ2n) is 12.8. The smallest absolute Gasteiger partial charge is 0.434 e. The lowest BCUT2D eigenvalue weighted by molar-refractivity contribution is -0.139. The zero-order chi connectivity index (χ0) is 35.2. The number of esters is 1. The van der Waals surface area contributed by atoms with Crippen LogP contribution < -0.4 is 5.32 Å². The number of rotatable bonds is 8. The molecule has 3 aromatic carbocycles. The molecule has 8 rings (SSSR count). The van der Waals surface area contributed by atoms with Crippen LogP contribution in [-0.4, -0.2) is 84.0 Å². The minimum absolute atomic E-state index is 0.0273. The predicted octanol–water partition coefficient (Wildman–Crippen LogP) is 6.09. The average Bonchev–Trinajstić information content (AvgIpc) is 3.94. The zero-order valence-corrected chi connectivity index (χ0v) is 28.7. The molecule has 13 heteroatoms. The van der Waals surface area contributed by atoms with Crippen molar-refractivity contribution in [2.75, 3.05) is 32.9 Å². The Morgan fingerprint density at radius 1 is 1.02 bits per heavy atom. The number of alkyl halides is 1. The highest BCUT2D eigenvalue weighted by Crippen LogP contribution is 2.45. The summed E-state index contributed by atoms with van der Waals surface area (Å²) in [5.74, 6) is -0.806. The molecule has 1 N–H and O–H groups in total. The maximum atomic E-state index is 16.0. The maximum Gasteiger partial charge on any atom is 0.434 e. The first-order valence-corrected chi connectivity index (χ1v) is 17.8. The Balaban J connectivity index is 1.05. The average molecular weight is 712 g/mol. The molecular formula is C38H35F2N5O5S. The summed E-state index contributed by atoms with van der Waals surface area (Å²) in [7, 11) is 0. The molecule has 0 spiro atoms. The number of hydrogen-bond donors (Lipinski definition) is 1. The van der Waals surface area contributed by atoms with Gasteiger partial charge in [-0.05, 0) is 53.3 Å². The van der Waals surface area contributed by atoms with Crippen LogP contribution in [0, 0.1) is 12.7 Å². The van der Waals surface area contributed by atoms with Crippen molar-refractivity contribution in [3.63, 3.8) is 0 Å². The number of benzene rings is 3. The fourth-order valence-electron chi connectivity index (χ4n) is 7.66. The molecule has 10 nitrogen and oxygen atoms in total. The molecule has 2 saturated heterocycles. The highest BCUT2D eigenvalue weighted by Gasteiger charge is 2.53. The highest BCUT2D eigenvalue weighted by atomic mass is 32.1. The molecule has 1 aliphatic carbocycles. The first-order valence-electron chi connectivity index (χ1n) is 16.9. The second-order valence-corrected chi connectivity index (χ2v) is 13.7. The topological polar surface area (TPSA) is 106 Å². The van der Waals surface area contributed by atoms with Crippen molar-refractivity contribution in [2.24, 2.45) is 4.99 Å². The van der Waals surface area contributed by atoms with Gasteiger partial charge in [-0.15, -0.1) is 11.3 Å². The number of ether oxygens (including phenoxy) is 2. The number of amidine groups is 1. The molecule has 0 unspecified atom stereocenters. The van der Waals surface area contributed by atoms with Crippen LogP contribution >= 0.6 is 11.3 Å². The summed E-state index contributed by atoms with van der Waals surface area (Å²) in [6.07, 6.45) is -0.568. The van der Waals surface area contributed by atoms with Crippen molar-refractivity contribution in [2.45, 2.75) is 44.1 Å². The highest BCUT2D eigenvalue weighted by molar-refractivity contribution is 7.11. The first kappa shape index (κ1) is 33.2. The number of halogens is 2. The van der Waals surface area contributed by atoms with E-state index in [-0.39, 0.29) is 44.4 Å². The van der Waals surface area contributed by atoms with Crippen LogP contribution in [0.5, 0.6) is 0 Å². The Labute approximate surface area is 297 Å². The molecule has 2 fully saturated rings. The summed E-state index contributed by atoms with van der Waals surface area (Å²) in [5.41, 5.74) is 5.81. The number of nitrogens with one attached hydrogen (secondary N) is 1. The summed E-state index contributed by atoms with van der Waals surface area (Å²) in [6, 6.07) is 18.4. The Hall–Kier alpha value is -4.98. The molecule has 0 saturated carbocycles. The summed E-state index contributed by atoms with van der Waals surface area (Å²) in [6.45, 7) is 3.61. The minimum atomic E-state index is -1.46. The molecule has 262 valence electrons. The third-order valence-electron chi connectivity index (χ3n) is 10.0. The van der Waals surface area contributed by atoms with Crippen LogP contribution in [0.1, 0.15) is 46.1 Å². The molecule has 3 aliphatic heterocycles. The number of aliphatic imine (C=N–C) groups is 1. The van der Waals surface area contributed by atoms with Gasteiger partial charge in [0.2, 0.25) is 0 Å². The molecule has 1 aromatic heterocycles. The Morgan fingerprint density at radius 3 is 2.45 bits per heavy atom. The van der Waals surface area contributed by atoms with Crippen LogP contribution in [0.2, 0.25) is 0 Å². The van der Waals surface area contributed by atoms with Gasteiger partial charge in [0, 0.05) is 36.3 Å². The number of aromatic nitrogens is 1. The molecule has 4 heterocycles. The lowest BCUT2D eigenvalue weighted by atomic mass is 9.92. The van der Waals surface area contributed by atoms with E-state index in [0.717, 1.165) is 27.3 Å². The Kier molecular flexibility index (Phi) is 8.86. The minimum Gasteiger partial charge on any atom is -0.463 e. The van der Waals surface area contributed by atoms with E-state index in [9.17, 15) is 14.0 Å². The molecule has 0 bridgehead atoms. The van der Waals surface area contributed by atoms with Gasteiger partial charge in [-0.2, -0.15) is 5.06 Å². The number of hydroxylamine groups is 2. The normalized spacial score (nSPS) is 22.7. The van der Waals surface area contributed by atoms with Gasteiger partial charge in [-0.1, -0.05) is 60.7 Å². The third kappa shape index (κ3) is 5.88. The lowest BCUT2D eigenvalue weighted by Gasteiger charge is -2.31. The van der Waals surface area contributed by atoms with E-state index < -0.39 is 42.2 Å². The van der Waals surface area contributed by atoms with Crippen LogP contribution in [0.4, 0.5) is 13.6 Å². The number of fused-ring (bicyclic) bond motifs is 4. The molecule has 4 aromatic rings. The van der Waals surface area contributed by atoms with E-state index in [1.54, 1.807) is 37.6 Å². The van der Waals surface area contributed by atoms with Gasteiger partial charge in [-0.3, -0.25) is 14.7 Å². The van der Waals surface area contributed by atoms with Gasteiger partial charge in [-0.25, -0.2) is 23.4 Å². The van der Waals surface area contributed by atoms with Crippen LogP contribution in [-0.2, 0) is 19.1 Å². The SMILES string of the molecule is CCOC(=O)C1=C(CN2C[C@H](F)[C@H]3[C@@H]2CON3C(=O)OCC2c3ccccc3-c3ccccc32)NC(c2nccs2)=N[C@H]1c1cccc(F)c1C. The van der Waals surface area contributed by atoms with Gasteiger partial charge < -0.3 is 14.8 Å². The Morgan fingerprint density at radius 2 is 1.75 bits per heavy atom. The van der Waals surface area contributed by atoms with E-state index >= 15 is 4.39 Å². The van der Waals surface area contributed by atoms with E-state index in [4.69, 9.17) is 19.3 Å². The third-order valence-corrected chi connectivity index (χ3v) is 10.8. The van der Waals surface area contributed by atoms with Crippen LogP contribution in [0.25, 0.3) is 11.1 Å². The summed E-state index contributed by atoms with van der Waals surface area (Å²) in [5, 5.41) is 6.68. The predicted molar refractivity (Wildman–Crippen MR) is 186 cm³/mol. The summed E-state index contributed by atoms with van der Waals surface area (Å²) in [4.78, 5) is 44.1. The van der Waals surface area contributed by atoms with Crippen molar-refractivity contribution in [3.8, 4) is 11.1 Å². The molecule has 51 heavy (non-hydrogen) atoms. The van der Waals surface area contributed by atoms with Crippen molar-refractivity contribution in [3.05, 3.63) is 123 Å². The van der Waals surface area contributed by atoms with Crippen molar-refractivity contribution < 1.29 is 32.7 Å². The number of carbonyl (C=O) groups excluding carboxylic acids is 2. The van der Waals surface area contributed by atoms with Gasteiger partial charge in [0.1, 0.15) is 30.7 Å². The van der Waals surface area contributed by atoms with Crippen LogP contribution in [0.3, 0.4) is 0 Å². The number of likely N-dealkylation sites (tertiary alicyclic amines) is 1. The van der Waals surface area contributed by atoms with Crippen molar-refractivity contribution in [1.82, 2.24) is 20.3 Å². The van der Waals surface area contributed by atoms with E-state index in [1.165, 1.54) is 17.4 Å². The number of thiazole rings is 1. The fourth-order valence-corrected chi connectivity index (χ4v) is 8.24. The van der Waals surface area contributed by atoms with Gasteiger partial charge in [0.15, 0.2) is 10.8 Å². The molecular weight excluding hydrogens is 677 g/mol. The van der Waals surface area contributed by atoms with E-state index in [2.05, 4.69) is 22.4 Å². The first-order chi connectivity index (χ1) is 24.8. The number of amides is 1. The summed E-state index contributed by atoms with van der Waals surface area (Å²) < 4.78 is 42.1. The molecule has 1 amide bonds. The van der Waals surface area contributed by atoms with E-state index in [1.807, 2.05) is 41.3 Å². The number of hydrogen-bond acceptors (Lipinski definition) is 10. The van der Waals surface area contributed by atoms with E-state index in [0.29, 0.717) is 27.7 Å². The quantitative estimate of drug-likeness (QED) is 0.219. The van der Waals surface area contributed by atoms with Crippen LogP contribution in [0.15, 0.2) is 94.6 Å². The number of nitrogens with zero attached hydrogens (tertiary/aromatic N) is 4. The maximum absolute atomic E-state index is 16.0. The molecule has 0 radical (unpaired) electrons. The van der Waals surface area contributed by atoms with Gasteiger partial charge in [0.05, 0.1) is 24.8 Å². The second kappa shape index (κ2) is 13.6. The monoisotopic (exact) mass is 711 g/mol. The standard InChI is InChI=1S/C38H35F2N5O5S/c1-3-48-37(46)32-30(42-35(36-41-15-16-51-36)43-33(32)22-13-8-14-28(39)21(22)2)18-44-17-29(40)34-31(44)20-50-45(34)38(47)49-19-27-25-11-6-4-9-23(25)24-10-5-7-12-26(24)27/h4-16,27,29,31,33-34H,3,17-20H2,1-2H3,(H,42,43)/t29-,31-,33-,34-/m0/s1. The van der Waals surface area contributed by atoms with Crippen molar-refractivity contribution >= 4 is 29.2 Å². The molecule has 4 aliphatic rings. The zero-order valence-electron chi connectivity index (χ0n) is 27.9. The van der Waals surface area contributed by atoms with Crippen molar-refractivity contribution in [1.29, 1.82) is 0 Å². The Bertz CT molecular complexity index is 2010. The lowest BCUT2D eigenvalue weighted by Crippen LogP contribution is -2.45.